The first-order valence-corrected chi connectivity index (χ1v) is 6.83. The van der Waals surface area contributed by atoms with Gasteiger partial charge in [0.05, 0.1) is 24.3 Å². The lowest BCUT2D eigenvalue weighted by Crippen LogP contribution is -2.12. The number of carbonyl (C=O) groups is 1. The lowest BCUT2D eigenvalue weighted by molar-refractivity contribution is 0.0955. The van der Waals surface area contributed by atoms with Gasteiger partial charge in [0.25, 0.3) is 0 Å². The van der Waals surface area contributed by atoms with Crippen LogP contribution in [0.25, 0.3) is 0 Å². The van der Waals surface area contributed by atoms with Crippen LogP contribution in [0, 0.1) is 6.92 Å². The minimum absolute atomic E-state index is 0.114. The summed E-state index contributed by atoms with van der Waals surface area (Å²) in [5, 5.41) is 0. The fourth-order valence-corrected chi connectivity index (χ4v) is 2.87. The minimum atomic E-state index is -0.137. The number of nitrogens with zero attached hydrogens (tertiary/aromatic N) is 1. The van der Waals surface area contributed by atoms with E-state index in [2.05, 4.69) is 11.1 Å². The number of ether oxygens (including phenoxy) is 1. The summed E-state index contributed by atoms with van der Waals surface area (Å²) in [4.78, 5) is 17.2. The number of rotatable bonds is 3. The van der Waals surface area contributed by atoms with E-state index in [-0.39, 0.29) is 11.7 Å². The first-order valence-electron chi connectivity index (χ1n) is 6.83. The Hall–Kier alpha value is -2.16. The van der Waals surface area contributed by atoms with Crippen LogP contribution in [0.3, 0.4) is 0 Å². The molecule has 0 aliphatic heterocycles. The topological polar surface area (TPSA) is 39.2 Å². The van der Waals surface area contributed by atoms with Gasteiger partial charge in [-0.3, -0.25) is 9.78 Å². The number of aromatic nitrogens is 1. The highest BCUT2D eigenvalue weighted by molar-refractivity contribution is 6.03. The van der Waals surface area contributed by atoms with Crippen LogP contribution in [0.5, 0.6) is 5.75 Å². The molecule has 0 saturated heterocycles. The predicted octanol–water partition coefficient (Wildman–Crippen LogP) is 3.31. The van der Waals surface area contributed by atoms with Crippen LogP contribution in [0.15, 0.2) is 36.5 Å². The maximum atomic E-state index is 12.8. The third kappa shape index (κ3) is 2.09. The van der Waals surface area contributed by atoms with Crippen molar-refractivity contribution in [1.29, 1.82) is 0 Å². The Morgan fingerprint density at radius 2 is 2.20 bits per heavy atom. The Kier molecular flexibility index (Phi) is 3.26. The molecule has 102 valence electrons. The molecule has 0 bridgehead atoms. The summed E-state index contributed by atoms with van der Waals surface area (Å²) in [6.07, 6.45) is 3.52. The van der Waals surface area contributed by atoms with Crippen LogP contribution in [0.1, 0.15) is 39.5 Å². The molecule has 3 rings (SSSR count). The van der Waals surface area contributed by atoms with Gasteiger partial charge in [0, 0.05) is 6.20 Å². The van der Waals surface area contributed by atoms with Crippen molar-refractivity contribution in [1.82, 2.24) is 4.98 Å². The lowest BCUT2D eigenvalue weighted by atomic mass is 9.93. The second-order valence-electron chi connectivity index (χ2n) is 5.21. The van der Waals surface area contributed by atoms with Gasteiger partial charge >= 0.3 is 0 Å². The number of Topliss-reactive ketones (excluding diaryl/α,β-unsaturated/α-hetero) is 1. The highest BCUT2D eigenvalue weighted by Crippen LogP contribution is 2.35. The molecule has 1 aromatic carbocycles. The Morgan fingerprint density at radius 3 is 3.00 bits per heavy atom. The third-order valence-corrected chi connectivity index (χ3v) is 3.90. The quantitative estimate of drug-likeness (QED) is 0.801. The number of pyridine rings is 1. The molecule has 0 spiro atoms. The monoisotopic (exact) mass is 267 g/mol. The SMILES string of the molecule is COc1ccc(C)cc1C(=O)C1CCc2cccnc21. The fraction of sp³-hybridized carbons (Fsp3) is 0.294. The molecule has 0 amide bonds. The minimum Gasteiger partial charge on any atom is -0.496 e. The molecule has 0 N–H and O–H groups in total. The van der Waals surface area contributed by atoms with Gasteiger partial charge in [0.1, 0.15) is 5.75 Å². The number of hydrogen-bond acceptors (Lipinski definition) is 3. The van der Waals surface area contributed by atoms with Crippen molar-refractivity contribution in [3.8, 4) is 5.75 Å². The zero-order valence-corrected chi connectivity index (χ0v) is 11.7. The highest BCUT2D eigenvalue weighted by Gasteiger charge is 2.31. The van der Waals surface area contributed by atoms with Crippen molar-refractivity contribution in [2.45, 2.75) is 25.7 Å². The number of benzene rings is 1. The van der Waals surface area contributed by atoms with Crippen LogP contribution in [-0.2, 0) is 6.42 Å². The van der Waals surface area contributed by atoms with Gasteiger partial charge < -0.3 is 4.74 Å². The maximum Gasteiger partial charge on any atom is 0.175 e. The summed E-state index contributed by atoms with van der Waals surface area (Å²) >= 11 is 0. The fourth-order valence-electron chi connectivity index (χ4n) is 2.87. The summed E-state index contributed by atoms with van der Waals surface area (Å²) in [5.74, 6) is 0.620. The molecule has 1 aliphatic rings. The molecular formula is C17H17NO2. The molecular weight excluding hydrogens is 250 g/mol. The highest BCUT2D eigenvalue weighted by atomic mass is 16.5. The average molecular weight is 267 g/mol. The Labute approximate surface area is 118 Å². The third-order valence-electron chi connectivity index (χ3n) is 3.90. The molecule has 1 aromatic heterocycles. The molecule has 1 atom stereocenters. The van der Waals surface area contributed by atoms with E-state index < -0.39 is 0 Å². The van der Waals surface area contributed by atoms with Crippen LogP contribution >= 0.6 is 0 Å². The smallest absolute Gasteiger partial charge is 0.175 e. The zero-order valence-electron chi connectivity index (χ0n) is 11.7. The van der Waals surface area contributed by atoms with Crippen molar-refractivity contribution in [3.63, 3.8) is 0 Å². The van der Waals surface area contributed by atoms with Crippen LogP contribution in [0.2, 0.25) is 0 Å². The van der Waals surface area contributed by atoms with E-state index in [0.29, 0.717) is 11.3 Å². The summed E-state index contributed by atoms with van der Waals surface area (Å²) in [6, 6.07) is 9.71. The number of aryl methyl sites for hydroxylation is 2. The molecule has 20 heavy (non-hydrogen) atoms. The second kappa shape index (κ2) is 5.08. The van der Waals surface area contributed by atoms with Crippen molar-refractivity contribution >= 4 is 5.78 Å². The maximum absolute atomic E-state index is 12.8. The largest absolute Gasteiger partial charge is 0.496 e. The molecule has 2 aromatic rings. The number of hydrogen-bond donors (Lipinski definition) is 0. The van der Waals surface area contributed by atoms with Gasteiger partial charge in [0.2, 0.25) is 0 Å². The van der Waals surface area contributed by atoms with E-state index >= 15 is 0 Å². The van der Waals surface area contributed by atoms with Crippen molar-refractivity contribution in [2.24, 2.45) is 0 Å². The predicted molar refractivity (Wildman–Crippen MR) is 77.4 cm³/mol. The van der Waals surface area contributed by atoms with E-state index in [1.807, 2.05) is 31.2 Å². The van der Waals surface area contributed by atoms with Crippen molar-refractivity contribution in [2.75, 3.05) is 7.11 Å². The van der Waals surface area contributed by atoms with E-state index in [4.69, 9.17) is 4.74 Å². The van der Waals surface area contributed by atoms with Crippen LogP contribution < -0.4 is 4.74 Å². The summed E-state index contributed by atoms with van der Waals surface area (Å²) in [7, 11) is 1.60. The molecule has 0 radical (unpaired) electrons. The Bertz CT molecular complexity index is 664. The first-order chi connectivity index (χ1) is 9.70. The first kappa shape index (κ1) is 12.9. The van der Waals surface area contributed by atoms with Gasteiger partial charge in [-0.25, -0.2) is 0 Å². The summed E-state index contributed by atoms with van der Waals surface area (Å²) in [6.45, 7) is 1.98. The van der Waals surface area contributed by atoms with E-state index in [1.165, 1.54) is 5.56 Å². The Balaban J connectivity index is 2.00. The second-order valence-corrected chi connectivity index (χ2v) is 5.21. The Morgan fingerprint density at radius 1 is 1.35 bits per heavy atom. The van der Waals surface area contributed by atoms with Gasteiger partial charge in [-0.15, -0.1) is 0 Å². The number of ketones is 1. The normalized spacial score (nSPS) is 16.8. The van der Waals surface area contributed by atoms with Crippen LogP contribution in [-0.4, -0.2) is 17.9 Å². The van der Waals surface area contributed by atoms with E-state index in [1.54, 1.807) is 13.3 Å². The molecule has 0 fully saturated rings. The molecule has 3 nitrogen and oxygen atoms in total. The molecule has 3 heteroatoms. The van der Waals surface area contributed by atoms with Crippen molar-refractivity contribution in [3.05, 3.63) is 58.9 Å². The lowest BCUT2D eigenvalue weighted by Gasteiger charge is -2.13. The molecule has 1 unspecified atom stereocenters. The molecule has 0 saturated carbocycles. The van der Waals surface area contributed by atoms with Gasteiger partial charge in [0.15, 0.2) is 5.78 Å². The summed E-state index contributed by atoms with van der Waals surface area (Å²) < 4.78 is 5.33. The molecule has 1 aliphatic carbocycles. The van der Waals surface area contributed by atoms with Gasteiger partial charge in [-0.2, -0.15) is 0 Å². The van der Waals surface area contributed by atoms with Crippen LogP contribution in [0.4, 0.5) is 0 Å². The average Bonchev–Trinajstić information content (AvgIpc) is 2.90. The van der Waals surface area contributed by atoms with Gasteiger partial charge in [-0.05, 0) is 43.5 Å². The van der Waals surface area contributed by atoms with Gasteiger partial charge in [-0.1, -0.05) is 17.7 Å². The number of methoxy groups -OCH3 is 1. The van der Waals surface area contributed by atoms with Crippen molar-refractivity contribution < 1.29 is 9.53 Å². The summed E-state index contributed by atoms with van der Waals surface area (Å²) in [5.41, 5.74) is 3.85. The number of fused-ring (bicyclic) bond motifs is 1. The molecule has 1 heterocycles. The standard InChI is InChI=1S/C17H17NO2/c1-11-5-8-15(20-2)14(10-11)17(19)13-7-6-12-4-3-9-18-16(12)13/h3-5,8-10,13H,6-7H2,1-2H3. The number of carbonyl (C=O) groups excluding carboxylic acids is 1. The van der Waals surface area contributed by atoms with E-state index in [0.717, 1.165) is 24.1 Å². The zero-order chi connectivity index (χ0) is 14.1. The van der Waals surface area contributed by atoms with E-state index in [9.17, 15) is 4.79 Å².